The molecule has 0 radical (unpaired) electrons. The first-order valence-corrected chi connectivity index (χ1v) is 10.0. The van der Waals surface area contributed by atoms with Crippen molar-refractivity contribution in [2.24, 2.45) is 17.3 Å². The van der Waals surface area contributed by atoms with E-state index < -0.39 is 0 Å². The molecule has 3 aliphatic carbocycles. The van der Waals surface area contributed by atoms with Gasteiger partial charge in [-0.05, 0) is 95.7 Å². The zero-order chi connectivity index (χ0) is 17.1. The van der Waals surface area contributed by atoms with Gasteiger partial charge >= 0.3 is 5.97 Å². The average Bonchev–Trinajstić information content (AvgIpc) is 2.83. The number of Topliss-reactive ketones (excluding diaryl/α,β-unsaturated/α-hetero) is 1. The summed E-state index contributed by atoms with van der Waals surface area (Å²) < 4.78 is 6.37. The first kappa shape index (κ1) is 16.6. The van der Waals surface area contributed by atoms with Gasteiger partial charge in [0.25, 0.3) is 0 Å². The average molecular weight is 438 g/mol. The third-order valence-electron chi connectivity index (χ3n) is 6.74. The summed E-state index contributed by atoms with van der Waals surface area (Å²) in [5.74, 6) is 2.69. The van der Waals surface area contributed by atoms with Crippen LogP contribution in [-0.4, -0.2) is 11.8 Å². The molecule has 0 spiro atoms. The minimum Gasteiger partial charge on any atom is -0.426 e. The van der Waals surface area contributed by atoms with Gasteiger partial charge in [-0.1, -0.05) is 6.92 Å². The summed E-state index contributed by atoms with van der Waals surface area (Å²) in [7, 11) is 0. The van der Waals surface area contributed by atoms with Crippen LogP contribution in [0.4, 0.5) is 0 Å². The van der Waals surface area contributed by atoms with Gasteiger partial charge in [0.05, 0.1) is 3.57 Å². The number of fused-ring (bicyclic) bond motifs is 5. The van der Waals surface area contributed by atoms with Gasteiger partial charge in [0, 0.05) is 18.8 Å². The van der Waals surface area contributed by atoms with Gasteiger partial charge in [0.2, 0.25) is 0 Å². The molecule has 3 nitrogen and oxygen atoms in total. The molecule has 4 rings (SSSR count). The molecule has 0 unspecified atom stereocenters. The van der Waals surface area contributed by atoms with Crippen LogP contribution >= 0.6 is 22.6 Å². The first-order chi connectivity index (χ1) is 11.4. The molecule has 0 aliphatic heterocycles. The quantitative estimate of drug-likeness (QED) is 0.365. The molecule has 24 heavy (non-hydrogen) atoms. The van der Waals surface area contributed by atoms with Crippen LogP contribution in [0.15, 0.2) is 12.1 Å². The molecule has 0 aromatic heterocycles. The molecule has 0 heterocycles. The topological polar surface area (TPSA) is 43.4 Å². The molecule has 1 aromatic rings. The second kappa shape index (κ2) is 5.82. The highest BCUT2D eigenvalue weighted by Gasteiger charge is 2.54. The zero-order valence-corrected chi connectivity index (χ0v) is 16.4. The molecule has 3 aliphatic rings. The van der Waals surface area contributed by atoms with Crippen molar-refractivity contribution >= 4 is 34.3 Å². The van der Waals surface area contributed by atoms with E-state index in [1.165, 1.54) is 18.1 Å². The highest BCUT2D eigenvalue weighted by molar-refractivity contribution is 14.1. The maximum atomic E-state index is 12.4. The van der Waals surface area contributed by atoms with Crippen molar-refractivity contribution in [1.82, 2.24) is 0 Å². The van der Waals surface area contributed by atoms with Crippen molar-refractivity contribution < 1.29 is 14.3 Å². The summed E-state index contributed by atoms with van der Waals surface area (Å²) in [6.45, 7) is 3.66. The summed E-state index contributed by atoms with van der Waals surface area (Å²) in [6, 6.07) is 4.30. The van der Waals surface area contributed by atoms with Crippen molar-refractivity contribution in [1.29, 1.82) is 0 Å². The van der Waals surface area contributed by atoms with Gasteiger partial charge in [0.15, 0.2) is 0 Å². The summed E-state index contributed by atoms with van der Waals surface area (Å²) in [5.41, 5.74) is 2.71. The number of aryl methyl sites for hydroxylation is 1. The second-order valence-electron chi connectivity index (χ2n) is 7.91. The van der Waals surface area contributed by atoms with E-state index in [0.717, 1.165) is 42.1 Å². The summed E-state index contributed by atoms with van der Waals surface area (Å²) in [4.78, 5) is 23.7. The Morgan fingerprint density at radius 1 is 1.25 bits per heavy atom. The van der Waals surface area contributed by atoms with E-state index in [9.17, 15) is 9.59 Å². The standard InChI is InChI=1S/C20H23IO3/c1-11(22)24-18-9-12-3-4-14-13(15(12)10-17(18)21)7-8-20(2)16(14)5-6-19(20)23/h9-10,13-14,16H,3-8H2,1-2H3/t13-,14+,16-,20-/m0/s1. The van der Waals surface area contributed by atoms with Crippen LogP contribution in [0.2, 0.25) is 0 Å². The normalized spacial score (nSPS) is 34.3. The highest BCUT2D eigenvalue weighted by Crippen LogP contribution is 2.59. The zero-order valence-electron chi connectivity index (χ0n) is 14.2. The predicted molar refractivity (Wildman–Crippen MR) is 100 cm³/mol. The Labute approximate surface area is 156 Å². The number of esters is 1. The second-order valence-corrected chi connectivity index (χ2v) is 9.07. The fourth-order valence-electron chi connectivity index (χ4n) is 5.58. The van der Waals surface area contributed by atoms with Crippen molar-refractivity contribution in [2.45, 2.75) is 58.3 Å². The van der Waals surface area contributed by atoms with Gasteiger partial charge in [-0.15, -0.1) is 0 Å². The number of rotatable bonds is 1. The van der Waals surface area contributed by atoms with Gasteiger partial charge < -0.3 is 4.74 Å². The van der Waals surface area contributed by atoms with Crippen LogP contribution in [0.3, 0.4) is 0 Å². The Morgan fingerprint density at radius 3 is 2.79 bits per heavy atom. The number of halogens is 1. The number of ketones is 1. The lowest BCUT2D eigenvalue weighted by molar-refractivity contribution is -0.132. The Bertz CT molecular complexity index is 726. The SMILES string of the molecule is CC(=O)Oc1cc2c(cc1I)[C@H]1CC[C@]3(C)C(=O)CC[C@H]3[C@@H]1CC2. The maximum absolute atomic E-state index is 12.4. The Morgan fingerprint density at radius 2 is 2.04 bits per heavy atom. The monoisotopic (exact) mass is 438 g/mol. The lowest BCUT2D eigenvalue weighted by Crippen LogP contribution is -2.42. The third-order valence-corrected chi connectivity index (χ3v) is 7.58. The first-order valence-electron chi connectivity index (χ1n) is 8.94. The van der Waals surface area contributed by atoms with Crippen LogP contribution in [0, 0.1) is 20.8 Å². The molecule has 1 aromatic carbocycles. The van der Waals surface area contributed by atoms with E-state index in [4.69, 9.17) is 4.74 Å². The molecule has 2 saturated carbocycles. The smallest absolute Gasteiger partial charge is 0.308 e. The molecule has 0 N–H and O–H groups in total. The number of carbonyl (C=O) groups excluding carboxylic acids is 2. The largest absolute Gasteiger partial charge is 0.426 e. The number of carbonyl (C=O) groups is 2. The summed E-state index contributed by atoms with van der Waals surface area (Å²) in [5, 5.41) is 0. The molecule has 2 fully saturated rings. The third kappa shape index (κ3) is 2.44. The minimum atomic E-state index is -0.264. The molecule has 0 saturated heterocycles. The predicted octanol–water partition coefficient (Wildman–Crippen LogP) is 4.64. The molecule has 0 bridgehead atoms. The van der Waals surface area contributed by atoms with Gasteiger partial charge in [-0.3, -0.25) is 9.59 Å². The molecular formula is C20H23IO3. The number of ether oxygens (including phenoxy) is 1. The van der Waals surface area contributed by atoms with E-state index in [0.29, 0.717) is 29.3 Å². The lowest BCUT2D eigenvalue weighted by Gasteiger charge is -2.48. The fourth-order valence-corrected chi connectivity index (χ4v) is 6.18. The van der Waals surface area contributed by atoms with Gasteiger partial charge in [-0.25, -0.2) is 0 Å². The number of hydrogen-bond acceptors (Lipinski definition) is 3. The Kier molecular flexibility index (Phi) is 4.01. The number of hydrogen-bond donors (Lipinski definition) is 0. The van der Waals surface area contributed by atoms with E-state index in [1.54, 1.807) is 0 Å². The van der Waals surface area contributed by atoms with E-state index >= 15 is 0 Å². The van der Waals surface area contributed by atoms with Crippen LogP contribution in [0.5, 0.6) is 5.75 Å². The van der Waals surface area contributed by atoms with Crippen molar-refractivity contribution in [3.05, 3.63) is 26.8 Å². The molecule has 4 heteroatoms. The van der Waals surface area contributed by atoms with Crippen molar-refractivity contribution in [3.8, 4) is 5.75 Å². The summed E-state index contributed by atoms with van der Waals surface area (Å²) in [6.07, 6.45) is 6.18. The van der Waals surface area contributed by atoms with Crippen LogP contribution in [0.25, 0.3) is 0 Å². The molecular weight excluding hydrogens is 415 g/mol. The highest BCUT2D eigenvalue weighted by atomic mass is 127. The van der Waals surface area contributed by atoms with Gasteiger partial charge in [0.1, 0.15) is 11.5 Å². The molecule has 4 atom stereocenters. The van der Waals surface area contributed by atoms with Crippen LogP contribution in [0.1, 0.15) is 63.0 Å². The van der Waals surface area contributed by atoms with E-state index in [1.807, 2.05) is 0 Å². The lowest BCUT2D eigenvalue weighted by atomic mass is 9.55. The van der Waals surface area contributed by atoms with Gasteiger partial charge in [-0.2, -0.15) is 0 Å². The molecule has 0 amide bonds. The fraction of sp³-hybridized carbons (Fsp3) is 0.600. The van der Waals surface area contributed by atoms with E-state index in [-0.39, 0.29) is 11.4 Å². The van der Waals surface area contributed by atoms with E-state index in [2.05, 4.69) is 41.6 Å². The van der Waals surface area contributed by atoms with Crippen molar-refractivity contribution in [3.63, 3.8) is 0 Å². The van der Waals surface area contributed by atoms with Crippen LogP contribution < -0.4 is 4.74 Å². The van der Waals surface area contributed by atoms with Crippen molar-refractivity contribution in [2.75, 3.05) is 0 Å². The number of benzene rings is 1. The maximum Gasteiger partial charge on any atom is 0.308 e. The summed E-state index contributed by atoms with van der Waals surface area (Å²) >= 11 is 2.27. The Balaban J connectivity index is 1.69. The minimum absolute atomic E-state index is 0.0660. The Hall–Kier alpha value is -0.910. The molecule has 128 valence electrons. The van der Waals surface area contributed by atoms with Crippen LogP contribution in [-0.2, 0) is 16.0 Å².